The molecular formula is C19H22ClNO2S. The summed E-state index contributed by atoms with van der Waals surface area (Å²) in [6, 6.07) is 15.5. The highest BCUT2D eigenvalue weighted by Crippen LogP contribution is 2.24. The summed E-state index contributed by atoms with van der Waals surface area (Å²) in [6.45, 7) is 2.57. The number of thioether (sulfide) groups is 1. The van der Waals surface area contributed by atoms with Crippen molar-refractivity contribution in [2.24, 2.45) is 0 Å². The lowest BCUT2D eigenvalue weighted by atomic mass is 10.1. The second kappa shape index (κ2) is 9.60. The summed E-state index contributed by atoms with van der Waals surface area (Å²) in [4.78, 5) is 13.2. The summed E-state index contributed by atoms with van der Waals surface area (Å²) >= 11 is 7.40. The number of carbonyl (C=O) groups excluding carboxylic acids is 1. The van der Waals surface area contributed by atoms with Crippen molar-refractivity contribution in [2.45, 2.75) is 29.9 Å². The maximum absolute atomic E-state index is 12.2. The Morgan fingerprint density at radius 3 is 2.62 bits per heavy atom. The monoisotopic (exact) mass is 363 g/mol. The third-order valence-electron chi connectivity index (χ3n) is 3.61. The molecule has 1 amide bonds. The third kappa shape index (κ3) is 5.77. The molecular weight excluding hydrogens is 342 g/mol. The SMILES string of the molecule is COc1ccccc1CCCNC(=O)[C@H](C)Sc1ccc(Cl)cc1. The molecule has 0 aliphatic rings. The van der Waals surface area contributed by atoms with E-state index in [0.29, 0.717) is 11.6 Å². The van der Waals surface area contributed by atoms with Crippen LogP contribution < -0.4 is 10.1 Å². The number of rotatable bonds is 8. The second-order valence-electron chi connectivity index (χ2n) is 5.42. The Balaban J connectivity index is 1.73. The predicted molar refractivity (Wildman–Crippen MR) is 101 cm³/mol. The first-order valence-electron chi connectivity index (χ1n) is 7.92. The number of hydrogen-bond acceptors (Lipinski definition) is 3. The van der Waals surface area contributed by atoms with Crippen LogP contribution in [0.15, 0.2) is 53.4 Å². The molecule has 0 saturated carbocycles. The minimum Gasteiger partial charge on any atom is -0.496 e. The summed E-state index contributed by atoms with van der Waals surface area (Å²) in [5.41, 5.74) is 1.16. The topological polar surface area (TPSA) is 38.3 Å². The molecule has 0 aliphatic heterocycles. The zero-order valence-electron chi connectivity index (χ0n) is 13.9. The van der Waals surface area contributed by atoms with Gasteiger partial charge in [-0.25, -0.2) is 0 Å². The normalized spacial score (nSPS) is 11.8. The largest absolute Gasteiger partial charge is 0.496 e. The molecule has 2 aromatic carbocycles. The van der Waals surface area contributed by atoms with E-state index in [9.17, 15) is 4.79 Å². The van der Waals surface area contributed by atoms with Gasteiger partial charge in [-0.1, -0.05) is 29.8 Å². The molecule has 0 aromatic heterocycles. The molecule has 0 spiro atoms. The Hall–Kier alpha value is -1.65. The fourth-order valence-electron chi connectivity index (χ4n) is 2.31. The van der Waals surface area contributed by atoms with E-state index in [4.69, 9.17) is 16.3 Å². The molecule has 0 bridgehead atoms. The maximum Gasteiger partial charge on any atom is 0.233 e. The molecule has 2 aromatic rings. The highest BCUT2D eigenvalue weighted by molar-refractivity contribution is 8.00. The summed E-state index contributed by atoms with van der Waals surface area (Å²) in [6.07, 6.45) is 1.76. The van der Waals surface area contributed by atoms with Crippen LogP contribution in [0.3, 0.4) is 0 Å². The number of para-hydroxylation sites is 1. The van der Waals surface area contributed by atoms with Gasteiger partial charge in [-0.2, -0.15) is 0 Å². The van der Waals surface area contributed by atoms with Gasteiger partial charge in [0.05, 0.1) is 12.4 Å². The molecule has 0 aliphatic carbocycles. The molecule has 2 rings (SSSR count). The molecule has 5 heteroatoms. The fraction of sp³-hybridized carbons (Fsp3) is 0.316. The van der Waals surface area contributed by atoms with E-state index in [0.717, 1.165) is 29.1 Å². The van der Waals surface area contributed by atoms with E-state index in [2.05, 4.69) is 11.4 Å². The van der Waals surface area contributed by atoms with Crippen molar-refractivity contribution in [1.82, 2.24) is 5.32 Å². The third-order valence-corrected chi connectivity index (χ3v) is 4.97. The minimum atomic E-state index is -0.141. The molecule has 1 N–H and O–H groups in total. The summed E-state index contributed by atoms with van der Waals surface area (Å²) in [7, 11) is 1.68. The lowest BCUT2D eigenvalue weighted by molar-refractivity contribution is -0.120. The van der Waals surface area contributed by atoms with Crippen LogP contribution in [0.1, 0.15) is 18.9 Å². The van der Waals surface area contributed by atoms with Crippen molar-refractivity contribution in [1.29, 1.82) is 0 Å². The number of carbonyl (C=O) groups is 1. The lowest BCUT2D eigenvalue weighted by Gasteiger charge is -2.12. The van der Waals surface area contributed by atoms with Crippen molar-refractivity contribution >= 4 is 29.3 Å². The van der Waals surface area contributed by atoms with Crippen molar-refractivity contribution in [3.8, 4) is 5.75 Å². The summed E-state index contributed by atoms with van der Waals surface area (Å²) in [5.74, 6) is 0.950. The maximum atomic E-state index is 12.2. The van der Waals surface area contributed by atoms with Gasteiger partial charge < -0.3 is 10.1 Å². The van der Waals surface area contributed by atoms with Gasteiger partial charge in [0.25, 0.3) is 0 Å². The number of benzene rings is 2. The zero-order chi connectivity index (χ0) is 17.4. The van der Waals surface area contributed by atoms with Gasteiger partial charge in [-0.15, -0.1) is 11.8 Å². The van der Waals surface area contributed by atoms with Crippen LogP contribution in [0.5, 0.6) is 5.75 Å². The van der Waals surface area contributed by atoms with Crippen LogP contribution >= 0.6 is 23.4 Å². The molecule has 3 nitrogen and oxygen atoms in total. The van der Waals surface area contributed by atoms with Crippen molar-refractivity contribution in [2.75, 3.05) is 13.7 Å². The van der Waals surface area contributed by atoms with Gasteiger partial charge in [0.15, 0.2) is 0 Å². The second-order valence-corrected chi connectivity index (χ2v) is 7.27. The van der Waals surface area contributed by atoms with Crippen LogP contribution in [0, 0.1) is 0 Å². The highest BCUT2D eigenvalue weighted by atomic mass is 35.5. The molecule has 1 atom stereocenters. The van der Waals surface area contributed by atoms with E-state index in [-0.39, 0.29) is 11.2 Å². The van der Waals surface area contributed by atoms with Crippen LogP contribution in [-0.2, 0) is 11.2 Å². The van der Waals surface area contributed by atoms with E-state index in [1.165, 1.54) is 11.8 Å². The molecule has 128 valence electrons. The number of amides is 1. The van der Waals surface area contributed by atoms with Crippen molar-refractivity contribution in [3.05, 3.63) is 59.1 Å². The number of halogens is 1. The average Bonchev–Trinajstić information content (AvgIpc) is 2.60. The van der Waals surface area contributed by atoms with Crippen molar-refractivity contribution in [3.63, 3.8) is 0 Å². The predicted octanol–water partition coefficient (Wildman–Crippen LogP) is 4.58. The first-order valence-corrected chi connectivity index (χ1v) is 9.17. The first-order chi connectivity index (χ1) is 11.6. The van der Waals surface area contributed by atoms with Gasteiger partial charge in [-0.05, 0) is 55.7 Å². The smallest absolute Gasteiger partial charge is 0.233 e. The van der Waals surface area contributed by atoms with Crippen LogP contribution in [0.2, 0.25) is 5.02 Å². The standard InChI is InChI=1S/C19H22ClNO2S/c1-14(24-17-11-9-16(20)10-12-17)19(22)21-13-5-7-15-6-3-4-8-18(15)23-2/h3-4,6,8-12,14H,5,7,13H2,1-2H3,(H,21,22)/t14-/m0/s1. The first kappa shape index (κ1) is 18.7. The van der Waals surface area contributed by atoms with Gasteiger partial charge >= 0.3 is 0 Å². The van der Waals surface area contributed by atoms with Crippen LogP contribution in [-0.4, -0.2) is 24.8 Å². The van der Waals surface area contributed by atoms with E-state index in [1.807, 2.05) is 49.4 Å². The molecule has 0 unspecified atom stereocenters. The number of ether oxygens (including phenoxy) is 1. The summed E-state index contributed by atoms with van der Waals surface area (Å²) < 4.78 is 5.34. The number of aryl methyl sites for hydroxylation is 1. The Bertz CT molecular complexity index is 661. The summed E-state index contributed by atoms with van der Waals surface area (Å²) in [5, 5.41) is 3.56. The van der Waals surface area contributed by atoms with E-state index >= 15 is 0 Å². The van der Waals surface area contributed by atoms with E-state index < -0.39 is 0 Å². The van der Waals surface area contributed by atoms with Gasteiger partial charge in [0, 0.05) is 16.5 Å². The number of hydrogen-bond donors (Lipinski definition) is 1. The van der Waals surface area contributed by atoms with Gasteiger partial charge in [0.2, 0.25) is 5.91 Å². The van der Waals surface area contributed by atoms with Gasteiger partial charge in [0.1, 0.15) is 5.75 Å². The highest BCUT2D eigenvalue weighted by Gasteiger charge is 2.13. The van der Waals surface area contributed by atoms with Crippen LogP contribution in [0.25, 0.3) is 0 Å². The quantitative estimate of drug-likeness (QED) is 0.551. The van der Waals surface area contributed by atoms with Gasteiger partial charge in [-0.3, -0.25) is 4.79 Å². The number of nitrogens with one attached hydrogen (secondary N) is 1. The van der Waals surface area contributed by atoms with E-state index in [1.54, 1.807) is 7.11 Å². The Morgan fingerprint density at radius 2 is 1.92 bits per heavy atom. The fourth-order valence-corrected chi connectivity index (χ4v) is 3.33. The lowest BCUT2D eigenvalue weighted by Crippen LogP contribution is -2.31. The molecule has 0 fully saturated rings. The molecule has 0 radical (unpaired) electrons. The minimum absolute atomic E-state index is 0.0509. The molecule has 24 heavy (non-hydrogen) atoms. The van der Waals surface area contributed by atoms with Crippen molar-refractivity contribution < 1.29 is 9.53 Å². The average molecular weight is 364 g/mol. The Labute approximate surface area is 152 Å². The number of methoxy groups -OCH3 is 1. The Morgan fingerprint density at radius 1 is 1.21 bits per heavy atom. The molecule has 0 heterocycles. The molecule has 0 saturated heterocycles. The van der Waals surface area contributed by atoms with Crippen LogP contribution in [0.4, 0.5) is 0 Å². The zero-order valence-corrected chi connectivity index (χ0v) is 15.5. The Kier molecular flexibility index (Phi) is 7.47.